The van der Waals surface area contributed by atoms with Crippen LogP contribution in [0.4, 0.5) is 5.69 Å². The minimum absolute atomic E-state index is 0.121. The van der Waals surface area contributed by atoms with Crippen molar-refractivity contribution in [2.75, 3.05) is 31.7 Å². The molecule has 0 aliphatic rings. The number of nitrogens with one attached hydrogen (secondary N) is 3. The maximum atomic E-state index is 12.3. The molecule has 0 aliphatic carbocycles. The Labute approximate surface area is 182 Å². The summed E-state index contributed by atoms with van der Waals surface area (Å²) in [6.07, 6.45) is 0.878. The lowest BCUT2D eigenvalue weighted by molar-refractivity contribution is 0.0951. The Bertz CT molecular complexity index is 838. The zero-order valence-electron chi connectivity index (χ0n) is 17.2. The maximum absolute atomic E-state index is 12.3. The Balaban J connectivity index is 1.82. The van der Waals surface area contributed by atoms with Crippen LogP contribution in [0.2, 0.25) is 0 Å². The Morgan fingerprint density at radius 2 is 1.53 bits per heavy atom. The van der Waals surface area contributed by atoms with Crippen LogP contribution in [0.3, 0.4) is 0 Å². The van der Waals surface area contributed by atoms with E-state index in [0.717, 1.165) is 6.42 Å². The molecule has 0 aromatic heterocycles. The fourth-order valence-corrected chi connectivity index (χ4v) is 2.66. The van der Waals surface area contributed by atoms with Crippen molar-refractivity contribution in [3.05, 3.63) is 59.7 Å². The van der Waals surface area contributed by atoms with E-state index in [4.69, 9.17) is 21.7 Å². The van der Waals surface area contributed by atoms with Crippen molar-refractivity contribution in [2.24, 2.45) is 0 Å². The Hall–Kier alpha value is -2.97. The molecule has 30 heavy (non-hydrogen) atoms. The van der Waals surface area contributed by atoms with Gasteiger partial charge in [-0.2, -0.15) is 0 Å². The van der Waals surface area contributed by atoms with Gasteiger partial charge >= 0.3 is 0 Å². The minimum Gasteiger partial charge on any atom is -0.491 e. The molecule has 0 radical (unpaired) electrons. The van der Waals surface area contributed by atoms with Crippen LogP contribution in [0, 0.1) is 0 Å². The third-order valence-electron chi connectivity index (χ3n) is 3.98. The summed E-state index contributed by atoms with van der Waals surface area (Å²) in [7, 11) is 0. The molecule has 3 N–H and O–H groups in total. The van der Waals surface area contributed by atoms with Crippen molar-refractivity contribution in [1.82, 2.24) is 10.6 Å². The summed E-state index contributed by atoms with van der Waals surface area (Å²) in [6, 6.07) is 13.6. The van der Waals surface area contributed by atoms with E-state index >= 15 is 0 Å². The summed E-state index contributed by atoms with van der Waals surface area (Å²) < 4.78 is 10.7. The third-order valence-corrected chi connectivity index (χ3v) is 4.19. The van der Waals surface area contributed by atoms with Crippen LogP contribution in [-0.4, -0.2) is 43.3 Å². The van der Waals surface area contributed by atoms with E-state index in [1.807, 2.05) is 13.8 Å². The molecule has 0 aliphatic heterocycles. The number of hydrogen-bond donors (Lipinski definition) is 3. The second kappa shape index (κ2) is 12.6. The van der Waals surface area contributed by atoms with Crippen LogP contribution in [0.1, 0.15) is 41.0 Å². The molecule has 0 saturated heterocycles. The largest absolute Gasteiger partial charge is 0.491 e. The number of hydrogen-bond acceptors (Lipinski definition) is 5. The molecule has 2 amide bonds. The second-order valence-electron chi connectivity index (χ2n) is 6.31. The third kappa shape index (κ3) is 7.81. The van der Waals surface area contributed by atoms with Gasteiger partial charge in [0.05, 0.1) is 6.61 Å². The van der Waals surface area contributed by atoms with Gasteiger partial charge in [-0.25, -0.2) is 0 Å². The Kier molecular flexibility index (Phi) is 9.76. The van der Waals surface area contributed by atoms with Gasteiger partial charge in [-0.3, -0.25) is 14.9 Å². The molecular weight excluding hydrogens is 402 g/mol. The highest BCUT2D eigenvalue weighted by molar-refractivity contribution is 7.80. The summed E-state index contributed by atoms with van der Waals surface area (Å²) in [6.45, 7) is 6.17. The standard InChI is InChI=1S/C22H27N3O4S/c1-3-13-23-20(26)16-5-9-18(10-6-16)24-22(30)25-21(27)17-7-11-19(12-8-17)29-15-14-28-4-2/h5-12H,3-4,13-15H2,1-2H3,(H,23,26)(H2,24,25,27,30). The van der Waals surface area contributed by atoms with E-state index in [1.54, 1.807) is 48.5 Å². The molecule has 0 unspecified atom stereocenters. The van der Waals surface area contributed by atoms with Crippen molar-refractivity contribution < 1.29 is 19.1 Å². The minimum atomic E-state index is -0.330. The predicted octanol–water partition coefficient (Wildman–Crippen LogP) is 3.37. The van der Waals surface area contributed by atoms with Crippen molar-refractivity contribution in [3.8, 4) is 5.75 Å². The maximum Gasteiger partial charge on any atom is 0.257 e. The topological polar surface area (TPSA) is 88.7 Å². The number of amides is 2. The van der Waals surface area contributed by atoms with Gasteiger partial charge in [0.25, 0.3) is 11.8 Å². The summed E-state index contributed by atoms with van der Waals surface area (Å²) in [5, 5.41) is 8.55. The number of carbonyl (C=O) groups is 2. The fourth-order valence-electron chi connectivity index (χ4n) is 2.45. The molecule has 7 nitrogen and oxygen atoms in total. The van der Waals surface area contributed by atoms with Gasteiger partial charge < -0.3 is 20.1 Å². The molecule has 2 rings (SSSR count). The van der Waals surface area contributed by atoms with Crippen molar-refractivity contribution in [3.63, 3.8) is 0 Å². The lowest BCUT2D eigenvalue weighted by Gasteiger charge is -2.11. The first-order valence-electron chi connectivity index (χ1n) is 9.84. The van der Waals surface area contributed by atoms with E-state index in [2.05, 4.69) is 16.0 Å². The summed E-state index contributed by atoms with van der Waals surface area (Å²) in [4.78, 5) is 24.3. The normalized spacial score (nSPS) is 10.2. The van der Waals surface area contributed by atoms with Gasteiger partial charge in [-0.15, -0.1) is 0 Å². The van der Waals surface area contributed by atoms with Crippen LogP contribution in [0.15, 0.2) is 48.5 Å². The molecule has 2 aromatic rings. The van der Waals surface area contributed by atoms with E-state index < -0.39 is 0 Å². The summed E-state index contributed by atoms with van der Waals surface area (Å²) in [5.41, 5.74) is 1.69. The number of carbonyl (C=O) groups excluding carboxylic acids is 2. The average Bonchev–Trinajstić information content (AvgIpc) is 2.76. The number of rotatable bonds is 10. The van der Waals surface area contributed by atoms with Crippen molar-refractivity contribution in [2.45, 2.75) is 20.3 Å². The smallest absolute Gasteiger partial charge is 0.257 e. The van der Waals surface area contributed by atoms with Crippen molar-refractivity contribution >= 4 is 34.8 Å². The molecule has 0 heterocycles. The van der Waals surface area contributed by atoms with E-state index in [-0.39, 0.29) is 16.9 Å². The van der Waals surface area contributed by atoms with Crippen molar-refractivity contribution in [1.29, 1.82) is 0 Å². The average molecular weight is 430 g/mol. The molecule has 2 aromatic carbocycles. The number of anilines is 1. The van der Waals surface area contributed by atoms with Gasteiger partial charge in [0, 0.05) is 30.0 Å². The zero-order chi connectivity index (χ0) is 21.8. The summed E-state index contributed by atoms with van der Waals surface area (Å²) in [5.74, 6) is 0.212. The van der Waals surface area contributed by atoms with Gasteiger partial charge in [0.1, 0.15) is 12.4 Å². The molecule has 160 valence electrons. The lowest BCUT2D eigenvalue weighted by atomic mass is 10.2. The molecular formula is C22H27N3O4S. The SMILES string of the molecule is CCCNC(=O)c1ccc(NC(=S)NC(=O)c2ccc(OCCOCC)cc2)cc1. The number of benzene rings is 2. The fraction of sp³-hybridized carbons (Fsp3) is 0.318. The summed E-state index contributed by atoms with van der Waals surface area (Å²) >= 11 is 5.20. The van der Waals surface area contributed by atoms with Gasteiger partial charge in [-0.05, 0) is 74.1 Å². The predicted molar refractivity (Wildman–Crippen MR) is 121 cm³/mol. The number of ether oxygens (including phenoxy) is 2. The second-order valence-corrected chi connectivity index (χ2v) is 6.72. The number of thiocarbonyl (C=S) groups is 1. The molecule has 8 heteroatoms. The van der Waals surface area contributed by atoms with Crippen LogP contribution >= 0.6 is 12.2 Å². The molecule has 0 bridgehead atoms. The quantitative estimate of drug-likeness (QED) is 0.396. The van der Waals surface area contributed by atoms with Crippen LogP contribution < -0.4 is 20.7 Å². The first kappa shape index (κ1) is 23.3. The Morgan fingerprint density at radius 3 is 2.17 bits per heavy atom. The highest BCUT2D eigenvalue weighted by Crippen LogP contribution is 2.13. The van der Waals surface area contributed by atoms with Gasteiger partial charge in [0.15, 0.2) is 5.11 Å². The first-order chi connectivity index (χ1) is 14.5. The van der Waals surface area contributed by atoms with Gasteiger partial charge in [-0.1, -0.05) is 6.92 Å². The van der Waals surface area contributed by atoms with Gasteiger partial charge in [0.2, 0.25) is 0 Å². The zero-order valence-corrected chi connectivity index (χ0v) is 18.0. The lowest BCUT2D eigenvalue weighted by Crippen LogP contribution is -2.34. The van der Waals surface area contributed by atoms with E-state index in [9.17, 15) is 9.59 Å². The Morgan fingerprint density at radius 1 is 0.900 bits per heavy atom. The molecule has 0 saturated carbocycles. The van der Waals surface area contributed by atoms with Crippen LogP contribution in [0.25, 0.3) is 0 Å². The van der Waals surface area contributed by atoms with Crippen LogP contribution in [-0.2, 0) is 4.74 Å². The van der Waals surface area contributed by atoms with Crippen LogP contribution in [0.5, 0.6) is 5.75 Å². The monoisotopic (exact) mass is 429 g/mol. The highest BCUT2D eigenvalue weighted by Gasteiger charge is 2.09. The molecule has 0 fully saturated rings. The van der Waals surface area contributed by atoms with E-state index in [1.165, 1.54) is 0 Å². The van der Waals surface area contributed by atoms with E-state index in [0.29, 0.717) is 48.9 Å². The highest BCUT2D eigenvalue weighted by atomic mass is 32.1. The molecule has 0 atom stereocenters. The molecule has 0 spiro atoms. The first-order valence-corrected chi connectivity index (χ1v) is 10.3.